The van der Waals surface area contributed by atoms with E-state index in [4.69, 9.17) is 0 Å². The lowest BCUT2D eigenvalue weighted by molar-refractivity contribution is 0.532. The molecule has 0 aromatic carbocycles. The van der Waals surface area contributed by atoms with Crippen LogP contribution in [0.1, 0.15) is 11.5 Å². The summed E-state index contributed by atoms with van der Waals surface area (Å²) in [6.45, 7) is 1.15. The molecule has 0 amide bonds. The van der Waals surface area contributed by atoms with Crippen molar-refractivity contribution in [1.29, 1.82) is 0 Å². The van der Waals surface area contributed by atoms with Gasteiger partial charge in [-0.25, -0.2) is 0 Å². The van der Waals surface area contributed by atoms with Crippen molar-refractivity contribution in [3.05, 3.63) is 53.5 Å². The Kier molecular flexibility index (Phi) is 2.25. The van der Waals surface area contributed by atoms with Gasteiger partial charge in [0.05, 0.1) is 5.03 Å². The molecular weight excluding hydrogens is 204 g/mol. The average molecular weight is 216 g/mol. The van der Waals surface area contributed by atoms with Crippen LogP contribution in [0.3, 0.4) is 0 Å². The molecule has 0 spiro atoms. The van der Waals surface area contributed by atoms with E-state index >= 15 is 0 Å². The van der Waals surface area contributed by atoms with Gasteiger partial charge in [0.2, 0.25) is 0 Å². The van der Waals surface area contributed by atoms with Crippen molar-refractivity contribution < 1.29 is 0 Å². The first-order valence-corrected chi connectivity index (χ1v) is 6.11. The van der Waals surface area contributed by atoms with E-state index in [9.17, 15) is 0 Å². The monoisotopic (exact) mass is 216 g/mol. The maximum absolute atomic E-state index is 4.05. The summed E-state index contributed by atoms with van der Waals surface area (Å²) in [4.78, 5) is 6.37. The summed E-state index contributed by atoms with van der Waals surface area (Å²) in [6.07, 6.45) is 10.5. The smallest absolute Gasteiger partial charge is 0.0716 e. The van der Waals surface area contributed by atoms with Crippen molar-refractivity contribution in [2.75, 3.05) is 12.3 Å². The number of hydrogen-bond donors (Lipinski definition) is 0. The number of thioether (sulfide) groups is 1. The molecule has 2 aliphatic rings. The van der Waals surface area contributed by atoms with Crippen LogP contribution in [0.5, 0.6) is 0 Å². The summed E-state index contributed by atoms with van der Waals surface area (Å²) in [7, 11) is 0. The summed E-state index contributed by atoms with van der Waals surface area (Å²) in [6, 6.07) is 4.17. The minimum atomic E-state index is 0.421. The highest BCUT2D eigenvalue weighted by atomic mass is 32.2. The van der Waals surface area contributed by atoms with E-state index in [-0.39, 0.29) is 0 Å². The highest BCUT2D eigenvalue weighted by molar-refractivity contribution is 8.03. The van der Waals surface area contributed by atoms with Gasteiger partial charge in [-0.05, 0) is 23.8 Å². The molecule has 0 aliphatic carbocycles. The fraction of sp³-hybridized carbons (Fsp3) is 0.250. The summed E-state index contributed by atoms with van der Waals surface area (Å²) >= 11 is 1.94. The van der Waals surface area contributed by atoms with Crippen LogP contribution in [0, 0.1) is 0 Å². The van der Waals surface area contributed by atoms with Crippen molar-refractivity contribution in [1.82, 2.24) is 9.88 Å². The molecule has 3 heteroatoms. The molecule has 2 nitrogen and oxygen atoms in total. The van der Waals surface area contributed by atoms with Crippen molar-refractivity contribution in [2.45, 2.75) is 5.92 Å². The van der Waals surface area contributed by atoms with Crippen LogP contribution in [-0.2, 0) is 0 Å². The predicted molar refractivity (Wildman–Crippen MR) is 63.4 cm³/mol. The number of fused-ring (bicyclic) bond motifs is 1. The molecule has 1 aromatic rings. The number of pyridine rings is 1. The minimum Gasteiger partial charge on any atom is -0.342 e. The highest BCUT2D eigenvalue weighted by Crippen LogP contribution is 2.35. The van der Waals surface area contributed by atoms with E-state index in [2.05, 4.69) is 40.4 Å². The first kappa shape index (κ1) is 9.04. The van der Waals surface area contributed by atoms with E-state index in [1.54, 1.807) is 0 Å². The third kappa shape index (κ3) is 1.67. The Morgan fingerprint density at radius 2 is 2.20 bits per heavy atom. The van der Waals surface area contributed by atoms with Crippen molar-refractivity contribution >= 4 is 11.8 Å². The van der Waals surface area contributed by atoms with E-state index < -0.39 is 0 Å². The molecule has 1 aromatic heterocycles. The van der Waals surface area contributed by atoms with Gasteiger partial charge in [-0.3, -0.25) is 4.98 Å². The Hall–Kier alpha value is -1.22. The zero-order valence-electron chi connectivity index (χ0n) is 8.34. The molecule has 3 rings (SSSR count). The summed E-state index contributed by atoms with van der Waals surface area (Å²) < 4.78 is 0. The van der Waals surface area contributed by atoms with Crippen LogP contribution >= 0.6 is 11.8 Å². The summed E-state index contributed by atoms with van der Waals surface area (Å²) in [5.41, 5.74) is 1.32. The van der Waals surface area contributed by atoms with Gasteiger partial charge in [-0.15, -0.1) is 11.8 Å². The molecule has 76 valence electrons. The van der Waals surface area contributed by atoms with Crippen LogP contribution in [-0.4, -0.2) is 22.2 Å². The second-order valence-electron chi connectivity index (χ2n) is 3.69. The standard InChI is InChI=1S/C12H12N2S/c1-4-13-5-2-10(1)11-3-6-14-7-8-15-12(14)9-11/h1-6,9,11H,7-8H2. The number of rotatable bonds is 1. The van der Waals surface area contributed by atoms with E-state index in [0.29, 0.717) is 5.92 Å². The van der Waals surface area contributed by atoms with Gasteiger partial charge < -0.3 is 4.90 Å². The maximum atomic E-state index is 4.05. The number of aromatic nitrogens is 1. The van der Waals surface area contributed by atoms with Crippen LogP contribution in [0.4, 0.5) is 0 Å². The van der Waals surface area contributed by atoms with E-state index in [0.717, 1.165) is 6.54 Å². The molecule has 1 unspecified atom stereocenters. The van der Waals surface area contributed by atoms with Crippen molar-refractivity contribution in [3.63, 3.8) is 0 Å². The zero-order valence-corrected chi connectivity index (χ0v) is 9.15. The van der Waals surface area contributed by atoms with Gasteiger partial charge in [0.25, 0.3) is 0 Å². The Morgan fingerprint density at radius 3 is 3.07 bits per heavy atom. The molecule has 0 saturated carbocycles. The topological polar surface area (TPSA) is 16.1 Å². The summed E-state index contributed by atoms with van der Waals surface area (Å²) in [5, 5.41) is 1.40. The molecule has 1 saturated heterocycles. The zero-order chi connectivity index (χ0) is 10.1. The van der Waals surface area contributed by atoms with Gasteiger partial charge in [-0.1, -0.05) is 6.08 Å². The Morgan fingerprint density at radius 1 is 1.33 bits per heavy atom. The van der Waals surface area contributed by atoms with E-state index in [1.807, 2.05) is 24.2 Å². The minimum absolute atomic E-state index is 0.421. The average Bonchev–Trinajstić information content (AvgIpc) is 2.77. The van der Waals surface area contributed by atoms with Gasteiger partial charge in [-0.2, -0.15) is 0 Å². The van der Waals surface area contributed by atoms with Crippen LogP contribution in [0.25, 0.3) is 0 Å². The number of allylic oxidation sites excluding steroid dienone is 2. The normalized spacial score (nSPS) is 23.9. The second kappa shape index (κ2) is 3.74. The largest absolute Gasteiger partial charge is 0.342 e. The Bertz CT molecular complexity index is 411. The lowest BCUT2D eigenvalue weighted by atomic mass is 9.99. The number of hydrogen-bond acceptors (Lipinski definition) is 3. The molecule has 1 fully saturated rings. The first-order chi connectivity index (χ1) is 7.43. The number of nitrogens with zero attached hydrogens (tertiary/aromatic N) is 2. The van der Waals surface area contributed by atoms with Crippen LogP contribution < -0.4 is 0 Å². The van der Waals surface area contributed by atoms with Gasteiger partial charge >= 0.3 is 0 Å². The lowest BCUT2D eigenvalue weighted by Crippen LogP contribution is -2.14. The third-order valence-electron chi connectivity index (χ3n) is 2.75. The van der Waals surface area contributed by atoms with Crippen molar-refractivity contribution in [2.24, 2.45) is 0 Å². The molecule has 0 radical (unpaired) electrons. The third-order valence-corrected chi connectivity index (χ3v) is 3.80. The van der Waals surface area contributed by atoms with Crippen LogP contribution in [0.15, 0.2) is 47.9 Å². The van der Waals surface area contributed by atoms with Gasteiger partial charge in [0, 0.05) is 36.8 Å². The van der Waals surface area contributed by atoms with Crippen molar-refractivity contribution in [3.8, 4) is 0 Å². The molecule has 3 heterocycles. The fourth-order valence-electron chi connectivity index (χ4n) is 1.93. The first-order valence-electron chi connectivity index (χ1n) is 5.13. The van der Waals surface area contributed by atoms with Crippen LogP contribution in [0.2, 0.25) is 0 Å². The molecule has 2 aliphatic heterocycles. The van der Waals surface area contributed by atoms with Gasteiger partial charge in [0.15, 0.2) is 0 Å². The molecule has 0 N–H and O–H groups in total. The molecule has 15 heavy (non-hydrogen) atoms. The Balaban J connectivity index is 1.90. The van der Waals surface area contributed by atoms with Gasteiger partial charge in [0.1, 0.15) is 0 Å². The molecular formula is C12H12N2S. The van der Waals surface area contributed by atoms with E-state index in [1.165, 1.54) is 16.3 Å². The highest BCUT2D eigenvalue weighted by Gasteiger charge is 2.20. The fourth-order valence-corrected chi connectivity index (χ4v) is 2.99. The quantitative estimate of drug-likeness (QED) is 0.718. The molecule has 1 atom stereocenters. The lowest BCUT2D eigenvalue weighted by Gasteiger charge is -2.21. The SMILES string of the molecule is C1=CN2CCSC2=CC1c1ccncc1. The molecule has 0 bridgehead atoms. The predicted octanol–water partition coefficient (Wildman–Crippen LogP) is 2.58. The maximum Gasteiger partial charge on any atom is 0.0716 e. The summed E-state index contributed by atoms with van der Waals surface area (Å²) in [5.74, 6) is 1.63. The second-order valence-corrected chi connectivity index (χ2v) is 4.81. The Labute approximate surface area is 93.7 Å².